The first kappa shape index (κ1) is 16.3. The van der Waals surface area contributed by atoms with Crippen LogP contribution in [0.15, 0.2) is 9.59 Å². The molecule has 22 heavy (non-hydrogen) atoms. The highest BCUT2D eigenvalue weighted by Crippen LogP contribution is 2.16. The van der Waals surface area contributed by atoms with Gasteiger partial charge in [0.05, 0.1) is 6.61 Å². The van der Waals surface area contributed by atoms with Gasteiger partial charge in [0, 0.05) is 27.1 Å². The molecule has 0 unspecified atom stereocenters. The molecule has 0 saturated carbocycles. The van der Waals surface area contributed by atoms with Crippen molar-refractivity contribution in [3.8, 4) is 0 Å². The summed E-state index contributed by atoms with van der Waals surface area (Å²) in [6, 6.07) is 0. The highest BCUT2D eigenvalue weighted by atomic mass is 35.5. The number of aryl methyl sites for hydroxylation is 2. The lowest BCUT2D eigenvalue weighted by Crippen LogP contribution is -2.37. The fourth-order valence-corrected chi connectivity index (χ4v) is 2.49. The van der Waals surface area contributed by atoms with Crippen LogP contribution in [0, 0.1) is 0 Å². The lowest BCUT2D eigenvalue weighted by molar-refractivity contribution is -0.143. The molecule has 0 aromatic carbocycles. The molecule has 2 aromatic heterocycles. The average Bonchev–Trinajstić information content (AvgIpc) is 2.80. The molecule has 9 heteroatoms. The highest BCUT2D eigenvalue weighted by molar-refractivity contribution is 6.29. The molecule has 0 radical (unpaired) electrons. The van der Waals surface area contributed by atoms with Gasteiger partial charge in [0.2, 0.25) is 5.28 Å². The first-order valence-electron chi connectivity index (χ1n) is 6.85. The van der Waals surface area contributed by atoms with Crippen molar-refractivity contribution >= 4 is 28.7 Å². The molecular weight excluding hydrogens is 312 g/mol. The van der Waals surface area contributed by atoms with Crippen LogP contribution in [-0.4, -0.2) is 31.3 Å². The molecule has 0 saturated heterocycles. The van der Waals surface area contributed by atoms with Gasteiger partial charge in [0.25, 0.3) is 5.56 Å². The predicted octanol–water partition coefficient (Wildman–Crippen LogP) is 0.430. The van der Waals surface area contributed by atoms with E-state index in [0.29, 0.717) is 19.6 Å². The fraction of sp³-hybridized carbons (Fsp3) is 0.538. The van der Waals surface area contributed by atoms with E-state index >= 15 is 0 Å². The topological polar surface area (TPSA) is 88.1 Å². The van der Waals surface area contributed by atoms with Gasteiger partial charge in [-0.2, -0.15) is 4.98 Å². The van der Waals surface area contributed by atoms with Crippen LogP contribution in [0.1, 0.15) is 19.8 Å². The monoisotopic (exact) mass is 328 g/mol. The number of esters is 1. The summed E-state index contributed by atoms with van der Waals surface area (Å²) in [5, 5.41) is 0.108. The number of halogens is 1. The maximum atomic E-state index is 12.3. The molecule has 2 rings (SSSR count). The summed E-state index contributed by atoms with van der Waals surface area (Å²) in [4.78, 5) is 39.6. The Morgan fingerprint density at radius 2 is 1.95 bits per heavy atom. The molecule has 8 nitrogen and oxygen atoms in total. The summed E-state index contributed by atoms with van der Waals surface area (Å²) in [7, 11) is 2.92. The number of ether oxygens (including phenoxy) is 1. The lowest BCUT2D eigenvalue weighted by atomic mass is 10.3. The Kier molecular flexibility index (Phi) is 4.70. The first-order chi connectivity index (χ1) is 10.4. The van der Waals surface area contributed by atoms with Gasteiger partial charge in [-0.1, -0.05) is 0 Å². The van der Waals surface area contributed by atoms with Crippen molar-refractivity contribution in [1.82, 2.24) is 18.7 Å². The van der Waals surface area contributed by atoms with Crippen molar-refractivity contribution in [3.63, 3.8) is 0 Å². The SMILES string of the molecule is CCOC(=O)CCCn1c(Cl)nc2c1c(=O)n(C)c(=O)n2C. The van der Waals surface area contributed by atoms with Crippen LogP contribution in [-0.2, 0) is 30.2 Å². The molecule has 0 amide bonds. The smallest absolute Gasteiger partial charge is 0.332 e. The maximum Gasteiger partial charge on any atom is 0.332 e. The second-order valence-corrected chi connectivity index (χ2v) is 5.16. The van der Waals surface area contributed by atoms with Crippen molar-refractivity contribution < 1.29 is 9.53 Å². The largest absolute Gasteiger partial charge is 0.466 e. The molecule has 0 fully saturated rings. The minimum Gasteiger partial charge on any atom is -0.466 e. The Hall–Kier alpha value is -2.09. The molecule has 2 heterocycles. The third-order valence-corrected chi connectivity index (χ3v) is 3.66. The van der Waals surface area contributed by atoms with Crippen LogP contribution in [0.5, 0.6) is 0 Å². The summed E-state index contributed by atoms with van der Waals surface area (Å²) >= 11 is 6.06. The number of hydrogen-bond donors (Lipinski definition) is 0. The quantitative estimate of drug-likeness (QED) is 0.586. The molecular formula is C13H17ClN4O4. The number of aromatic nitrogens is 4. The van der Waals surface area contributed by atoms with E-state index in [0.717, 1.165) is 4.57 Å². The summed E-state index contributed by atoms with van der Waals surface area (Å²) in [6.45, 7) is 2.40. The Labute approximate surface area is 130 Å². The van der Waals surface area contributed by atoms with E-state index in [4.69, 9.17) is 16.3 Å². The van der Waals surface area contributed by atoms with E-state index in [1.54, 1.807) is 6.92 Å². The Bertz CT molecular complexity index is 833. The number of carbonyl (C=O) groups is 1. The second-order valence-electron chi connectivity index (χ2n) is 4.82. The number of fused-ring (bicyclic) bond motifs is 1. The minimum atomic E-state index is -0.467. The molecule has 0 aliphatic carbocycles. The zero-order valence-corrected chi connectivity index (χ0v) is 13.4. The number of carbonyl (C=O) groups excluding carboxylic acids is 1. The molecule has 120 valence electrons. The molecule has 0 bridgehead atoms. The summed E-state index contributed by atoms with van der Waals surface area (Å²) in [6.07, 6.45) is 0.673. The zero-order chi connectivity index (χ0) is 16.4. The number of rotatable bonds is 5. The predicted molar refractivity (Wildman–Crippen MR) is 81.1 cm³/mol. The van der Waals surface area contributed by atoms with E-state index in [1.165, 1.54) is 23.2 Å². The molecule has 2 aromatic rings. The van der Waals surface area contributed by atoms with Crippen molar-refractivity contribution in [3.05, 3.63) is 26.1 Å². The van der Waals surface area contributed by atoms with Crippen molar-refractivity contribution in [2.24, 2.45) is 14.1 Å². The van der Waals surface area contributed by atoms with Crippen LogP contribution in [0.3, 0.4) is 0 Å². The van der Waals surface area contributed by atoms with E-state index in [2.05, 4.69) is 4.98 Å². The van der Waals surface area contributed by atoms with Crippen LogP contribution in [0.2, 0.25) is 5.28 Å². The van der Waals surface area contributed by atoms with Crippen LogP contribution in [0.25, 0.3) is 11.2 Å². The fourth-order valence-electron chi connectivity index (χ4n) is 2.24. The van der Waals surface area contributed by atoms with Crippen molar-refractivity contribution in [1.29, 1.82) is 0 Å². The van der Waals surface area contributed by atoms with Gasteiger partial charge in [-0.25, -0.2) is 4.79 Å². The number of nitrogens with zero attached hydrogens (tertiary/aromatic N) is 4. The zero-order valence-electron chi connectivity index (χ0n) is 12.6. The Morgan fingerprint density at radius 3 is 2.59 bits per heavy atom. The Balaban J connectivity index is 2.39. The maximum absolute atomic E-state index is 12.3. The van der Waals surface area contributed by atoms with Crippen LogP contribution in [0.4, 0.5) is 0 Å². The minimum absolute atomic E-state index is 0.108. The van der Waals surface area contributed by atoms with Gasteiger partial charge in [-0.3, -0.25) is 18.7 Å². The van der Waals surface area contributed by atoms with E-state index in [1.807, 2.05) is 0 Å². The molecule has 0 aliphatic rings. The third kappa shape index (κ3) is 2.78. The summed E-state index contributed by atoms with van der Waals surface area (Å²) < 4.78 is 8.63. The Morgan fingerprint density at radius 1 is 1.27 bits per heavy atom. The summed E-state index contributed by atoms with van der Waals surface area (Å²) in [5.74, 6) is -0.302. The van der Waals surface area contributed by atoms with E-state index in [9.17, 15) is 14.4 Å². The number of hydrogen-bond acceptors (Lipinski definition) is 5. The summed E-state index contributed by atoms with van der Waals surface area (Å²) in [5.41, 5.74) is -0.452. The normalized spacial score (nSPS) is 11.1. The van der Waals surface area contributed by atoms with Crippen molar-refractivity contribution in [2.45, 2.75) is 26.3 Å². The molecule has 0 atom stereocenters. The highest BCUT2D eigenvalue weighted by Gasteiger charge is 2.18. The van der Waals surface area contributed by atoms with Gasteiger partial charge in [-0.15, -0.1) is 0 Å². The van der Waals surface area contributed by atoms with Crippen LogP contribution >= 0.6 is 11.6 Å². The number of imidazole rings is 1. The third-order valence-electron chi connectivity index (χ3n) is 3.37. The first-order valence-corrected chi connectivity index (χ1v) is 7.23. The average molecular weight is 329 g/mol. The standard InChI is InChI=1S/C13H17ClN4O4/c1-4-22-8(19)6-5-7-18-9-10(15-12(18)14)16(2)13(21)17(3)11(9)20/h4-7H2,1-3H3. The molecule has 0 N–H and O–H groups in total. The van der Waals surface area contributed by atoms with Gasteiger partial charge in [0.1, 0.15) is 0 Å². The molecule has 0 spiro atoms. The second kappa shape index (κ2) is 6.35. The molecule has 0 aliphatic heterocycles. The van der Waals surface area contributed by atoms with Gasteiger partial charge in [0.15, 0.2) is 11.2 Å². The van der Waals surface area contributed by atoms with Gasteiger partial charge < -0.3 is 9.30 Å². The van der Waals surface area contributed by atoms with Gasteiger partial charge >= 0.3 is 11.7 Å². The van der Waals surface area contributed by atoms with E-state index < -0.39 is 11.2 Å². The van der Waals surface area contributed by atoms with Gasteiger partial charge in [-0.05, 0) is 24.9 Å². The van der Waals surface area contributed by atoms with E-state index in [-0.39, 0.29) is 28.8 Å². The van der Waals surface area contributed by atoms with Crippen LogP contribution < -0.4 is 11.2 Å². The lowest BCUT2D eigenvalue weighted by Gasteiger charge is -2.07. The van der Waals surface area contributed by atoms with Crippen molar-refractivity contribution in [2.75, 3.05) is 6.61 Å².